The molecule has 0 aliphatic heterocycles. The summed E-state index contributed by atoms with van der Waals surface area (Å²) in [7, 11) is 0. The summed E-state index contributed by atoms with van der Waals surface area (Å²) in [5.74, 6) is 0.400. The minimum absolute atomic E-state index is 0.136. The van der Waals surface area contributed by atoms with Crippen molar-refractivity contribution >= 4 is 22.5 Å². The molecule has 3 heteroatoms. The zero-order valence-corrected chi connectivity index (χ0v) is 11.1. The van der Waals surface area contributed by atoms with Gasteiger partial charge in [-0.15, -0.1) is 0 Å². The summed E-state index contributed by atoms with van der Waals surface area (Å²) in [6.45, 7) is 0. The molecule has 2 unspecified atom stereocenters. The molecule has 18 heavy (non-hydrogen) atoms. The standard InChI is InChI=1S/C15H18ClNO/c16-13-6-3-5-12-11(9-17-15(12)13)8-10-4-1-2-7-14(10)18/h3,5-6,9-10,14,17-18H,1-2,4,7-8H2. The zero-order chi connectivity index (χ0) is 12.5. The maximum atomic E-state index is 10.1. The van der Waals surface area contributed by atoms with Gasteiger partial charge in [0.15, 0.2) is 0 Å². The highest BCUT2D eigenvalue weighted by molar-refractivity contribution is 6.35. The Hall–Kier alpha value is -0.990. The fraction of sp³-hybridized carbons (Fsp3) is 0.467. The Kier molecular flexibility index (Phi) is 3.31. The molecule has 1 heterocycles. The summed E-state index contributed by atoms with van der Waals surface area (Å²) in [4.78, 5) is 3.25. The van der Waals surface area contributed by atoms with Crippen LogP contribution in [0.2, 0.25) is 5.02 Å². The topological polar surface area (TPSA) is 36.0 Å². The molecule has 0 spiro atoms. The van der Waals surface area contributed by atoms with Crippen molar-refractivity contribution in [3.8, 4) is 0 Å². The fourth-order valence-corrected chi connectivity index (χ4v) is 3.28. The van der Waals surface area contributed by atoms with Crippen LogP contribution in [0.1, 0.15) is 31.2 Å². The van der Waals surface area contributed by atoms with E-state index in [1.165, 1.54) is 17.4 Å². The molecule has 1 saturated carbocycles. The second-order valence-electron chi connectivity index (χ2n) is 5.29. The lowest BCUT2D eigenvalue weighted by Gasteiger charge is -2.27. The van der Waals surface area contributed by atoms with Crippen LogP contribution < -0.4 is 0 Å². The van der Waals surface area contributed by atoms with Crippen LogP contribution in [0.15, 0.2) is 24.4 Å². The van der Waals surface area contributed by atoms with Crippen LogP contribution in [0.4, 0.5) is 0 Å². The van der Waals surface area contributed by atoms with Gasteiger partial charge in [-0.25, -0.2) is 0 Å². The highest BCUT2D eigenvalue weighted by atomic mass is 35.5. The van der Waals surface area contributed by atoms with E-state index in [9.17, 15) is 5.11 Å². The first kappa shape index (κ1) is 12.1. The fourth-order valence-electron chi connectivity index (χ4n) is 3.05. The monoisotopic (exact) mass is 263 g/mol. The number of halogens is 1. The molecule has 1 aliphatic carbocycles. The predicted molar refractivity (Wildman–Crippen MR) is 75.0 cm³/mol. The Labute approximate surface area is 112 Å². The zero-order valence-electron chi connectivity index (χ0n) is 10.3. The normalized spacial score (nSPS) is 24.6. The second-order valence-corrected chi connectivity index (χ2v) is 5.70. The molecule has 0 radical (unpaired) electrons. The molecule has 1 fully saturated rings. The van der Waals surface area contributed by atoms with Gasteiger partial charge in [-0.05, 0) is 36.8 Å². The lowest BCUT2D eigenvalue weighted by atomic mass is 9.82. The number of rotatable bonds is 2. The van der Waals surface area contributed by atoms with Gasteiger partial charge in [0.25, 0.3) is 0 Å². The minimum atomic E-state index is -0.136. The number of nitrogens with one attached hydrogen (secondary N) is 1. The molecule has 1 aromatic carbocycles. The van der Waals surface area contributed by atoms with Gasteiger partial charge in [-0.3, -0.25) is 0 Å². The SMILES string of the molecule is OC1CCCCC1Cc1c[nH]c2c(Cl)cccc12. The van der Waals surface area contributed by atoms with Crippen molar-refractivity contribution in [2.45, 2.75) is 38.2 Å². The maximum Gasteiger partial charge on any atom is 0.0647 e. The van der Waals surface area contributed by atoms with Crippen molar-refractivity contribution in [2.24, 2.45) is 5.92 Å². The van der Waals surface area contributed by atoms with E-state index in [2.05, 4.69) is 11.1 Å². The molecular weight excluding hydrogens is 246 g/mol. The number of aliphatic hydroxyl groups excluding tert-OH is 1. The average molecular weight is 264 g/mol. The second kappa shape index (κ2) is 4.94. The molecule has 2 atom stereocenters. The van der Waals surface area contributed by atoms with E-state index in [1.54, 1.807) is 0 Å². The Morgan fingerprint density at radius 1 is 1.28 bits per heavy atom. The van der Waals surface area contributed by atoms with E-state index in [-0.39, 0.29) is 6.10 Å². The molecule has 0 saturated heterocycles. The number of H-pyrrole nitrogens is 1. The molecule has 2 N–H and O–H groups in total. The Morgan fingerprint density at radius 2 is 2.11 bits per heavy atom. The van der Waals surface area contributed by atoms with E-state index in [1.807, 2.05) is 18.3 Å². The third kappa shape index (κ3) is 2.15. The van der Waals surface area contributed by atoms with E-state index in [0.29, 0.717) is 5.92 Å². The minimum Gasteiger partial charge on any atom is -0.393 e. The van der Waals surface area contributed by atoms with Crippen LogP contribution in [0.5, 0.6) is 0 Å². The molecule has 0 amide bonds. The first-order valence-corrected chi connectivity index (χ1v) is 7.06. The van der Waals surface area contributed by atoms with Crippen molar-refractivity contribution in [2.75, 3.05) is 0 Å². The first-order chi connectivity index (χ1) is 8.75. The number of para-hydroxylation sites is 1. The van der Waals surface area contributed by atoms with Gasteiger partial charge in [0.05, 0.1) is 16.6 Å². The van der Waals surface area contributed by atoms with Crippen LogP contribution in [-0.4, -0.2) is 16.2 Å². The molecule has 2 nitrogen and oxygen atoms in total. The number of hydrogen-bond donors (Lipinski definition) is 2. The first-order valence-electron chi connectivity index (χ1n) is 6.68. The largest absolute Gasteiger partial charge is 0.393 e. The molecule has 0 bridgehead atoms. The Morgan fingerprint density at radius 3 is 2.94 bits per heavy atom. The van der Waals surface area contributed by atoms with Gasteiger partial charge < -0.3 is 10.1 Å². The van der Waals surface area contributed by atoms with Crippen molar-refractivity contribution in [1.82, 2.24) is 4.98 Å². The van der Waals surface area contributed by atoms with Gasteiger partial charge in [0.1, 0.15) is 0 Å². The maximum absolute atomic E-state index is 10.1. The summed E-state index contributed by atoms with van der Waals surface area (Å²) < 4.78 is 0. The number of aromatic amines is 1. The Balaban J connectivity index is 1.88. The van der Waals surface area contributed by atoms with Crippen LogP contribution in [0.3, 0.4) is 0 Å². The van der Waals surface area contributed by atoms with Crippen LogP contribution >= 0.6 is 11.6 Å². The van der Waals surface area contributed by atoms with Gasteiger partial charge >= 0.3 is 0 Å². The van der Waals surface area contributed by atoms with Crippen LogP contribution in [-0.2, 0) is 6.42 Å². The van der Waals surface area contributed by atoms with E-state index < -0.39 is 0 Å². The molecule has 1 aliphatic rings. The molecule has 3 rings (SSSR count). The molecule has 1 aromatic heterocycles. The average Bonchev–Trinajstić information content (AvgIpc) is 2.77. The van der Waals surface area contributed by atoms with Crippen LogP contribution in [0, 0.1) is 5.92 Å². The van der Waals surface area contributed by atoms with E-state index >= 15 is 0 Å². The Bertz CT molecular complexity index is 548. The third-order valence-corrected chi connectivity index (χ3v) is 4.42. The van der Waals surface area contributed by atoms with Gasteiger partial charge in [-0.1, -0.05) is 36.6 Å². The number of benzene rings is 1. The van der Waals surface area contributed by atoms with Crippen molar-refractivity contribution < 1.29 is 5.11 Å². The summed E-state index contributed by atoms with van der Waals surface area (Å²) in [5.41, 5.74) is 2.29. The predicted octanol–water partition coefficient (Wildman–Crippen LogP) is 3.91. The number of hydrogen-bond acceptors (Lipinski definition) is 1. The third-order valence-electron chi connectivity index (χ3n) is 4.10. The summed E-state index contributed by atoms with van der Waals surface area (Å²) >= 11 is 6.16. The summed E-state index contributed by atoms with van der Waals surface area (Å²) in [5, 5.41) is 12.0. The van der Waals surface area contributed by atoms with Crippen molar-refractivity contribution in [3.05, 3.63) is 35.0 Å². The van der Waals surface area contributed by atoms with E-state index in [0.717, 1.165) is 36.2 Å². The highest BCUT2D eigenvalue weighted by Crippen LogP contribution is 2.31. The molecule has 96 valence electrons. The van der Waals surface area contributed by atoms with Gasteiger partial charge in [0.2, 0.25) is 0 Å². The van der Waals surface area contributed by atoms with Crippen molar-refractivity contribution in [3.63, 3.8) is 0 Å². The molecular formula is C15H18ClNO. The van der Waals surface area contributed by atoms with Crippen molar-refractivity contribution in [1.29, 1.82) is 0 Å². The summed E-state index contributed by atoms with van der Waals surface area (Å²) in [6.07, 6.45) is 7.34. The highest BCUT2D eigenvalue weighted by Gasteiger charge is 2.24. The quantitative estimate of drug-likeness (QED) is 0.847. The van der Waals surface area contributed by atoms with Crippen LogP contribution in [0.25, 0.3) is 10.9 Å². The number of fused-ring (bicyclic) bond motifs is 1. The lowest BCUT2D eigenvalue weighted by molar-refractivity contribution is 0.0702. The number of aromatic nitrogens is 1. The van der Waals surface area contributed by atoms with E-state index in [4.69, 9.17) is 11.6 Å². The number of aliphatic hydroxyl groups is 1. The summed E-state index contributed by atoms with van der Waals surface area (Å²) in [6, 6.07) is 5.99. The molecule has 2 aromatic rings. The van der Waals surface area contributed by atoms with Gasteiger partial charge in [-0.2, -0.15) is 0 Å². The lowest BCUT2D eigenvalue weighted by Crippen LogP contribution is -2.26. The van der Waals surface area contributed by atoms with Gasteiger partial charge in [0, 0.05) is 11.6 Å². The smallest absolute Gasteiger partial charge is 0.0647 e.